The first-order chi connectivity index (χ1) is 10.8. The maximum atomic E-state index is 11.8. The van der Waals surface area contributed by atoms with Crippen molar-refractivity contribution in [3.63, 3.8) is 0 Å². The van der Waals surface area contributed by atoms with Crippen molar-refractivity contribution in [2.45, 2.75) is 38.5 Å². The highest BCUT2D eigenvalue weighted by atomic mass is 35.5. The first kappa shape index (κ1) is 21.5. The normalized spacial score (nSPS) is 19.7. The van der Waals surface area contributed by atoms with E-state index in [9.17, 15) is 4.79 Å². The van der Waals surface area contributed by atoms with Gasteiger partial charge in [0.05, 0.1) is 5.69 Å². The number of anilines is 1. The highest BCUT2D eigenvalue weighted by Gasteiger charge is 2.16. The Balaban J connectivity index is 0.00000144. The van der Waals surface area contributed by atoms with E-state index in [4.69, 9.17) is 0 Å². The van der Waals surface area contributed by atoms with Crippen LogP contribution in [-0.4, -0.2) is 43.6 Å². The second-order valence-electron chi connectivity index (χ2n) is 6.31. The van der Waals surface area contributed by atoms with E-state index < -0.39 is 0 Å². The van der Waals surface area contributed by atoms with Crippen LogP contribution in [0.1, 0.15) is 37.8 Å². The monoisotopic (exact) mass is 394 g/mol. The molecule has 2 aliphatic rings. The lowest BCUT2D eigenvalue weighted by Crippen LogP contribution is -2.26. The number of hydrogen-bond acceptors (Lipinski definition) is 5. The van der Waals surface area contributed by atoms with E-state index in [1.165, 1.54) is 19.3 Å². The Hall–Kier alpha value is -0.560. The number of halogens is 2. The predicted octanol–water partition coefficient (Wildman–Crippen LogP) is 2.64. The molecule has 1 aromatic heterocycles. The Labute approximate surface area is 160 Å². The smallest absolute Gasteiger partial charge is 0.220 e. The summed E-state index contributed by atoms with van der Waals surface area (Å²) < 4.78 is 0. The van der Waals surface area contributed by atoms with Crippen molar-refractivity contribution in [2.24, 2.45) is 5.92 Å². The summed E-state index contributed by atoms with van der Waals surface area (Å²) in [4.78, 5) is 18.9. The number of thiazole rings is 1. The minimum Gasteiger partial charge on any atom is -0.356 e. The Morgan fingerprint density at radius 2 is 2.17 bits per heavy atom. The molecule has 24 heavy (non-hydrogen) atoms. The number of rotatable bonds is 7. The number of aromatic nitrogens is 1. The molecule has 0 spiro atoms. The molecule has 0 aromatic carbocycles. The van der Waals surface area contributed by atoms with Gasteiger partial charge >= 0.3 is 0 Å². The van der Waals surface area contributed by atoms with Gasteiger partial charge in [0.2, 0.25) is 5.91 Å². The molecule has 1 aromatic rings. The summed E-state index contributed by atoms with van der Waals surface area (Å²) in [7, 11) is 0. The molecule has 8 heteroatoms. The highest BCUT2D eigenvalue weighted by molar-refractivity contribution is 7.13. The van der Waals surface area contributed by atoms with Crippen molar-refractivity contribution in [3.05, 3.63) is 11.1 Å². The maximum Gasteiger partial charge on any atom is 0.220 e. The van der Waals surface area contributed by atoms with E-state index in [2.05, 4.69) is 25.9 Å². The lowest BCUT2D eigenvalue weighted by molar-refractivity contribution is -0.121. The molecule has 2 fully saturated rings. The van der Waals surface area contributed by atoms with Gasteiger partial charge in [0.15, 0.2) is 5.13 Å². The zero-order valence-corrected chi connectivity index (χ0v) is 16.4. The topological polar surface area (TPSA) is 57.3 Å². The van der Waals surface area contributed by atoms with Crippen LogP contribution in [-0.2, 0) is 11.2 Å². The summed E-state index contributed by atoms with van der Waals surface area (Å²) in [5.41, 5.74) is 1.10. The first-order valence-electron chi connectivity index (χ1n) is 8.48. The van der Waals surface area contributed by atoms with Crippen LogP contribution in [0.2, 0.25) is 0 Å². The summed E-state index contributed by atoms with van der Waals surface area (Å²) in [6.07, 6.45) is 6.27. The summed E-state index contributed by atoms with van der Waals surface area (Å²) in [6.45, 7) is 5.16. The van der Waals surface area contributed by atoms with E-state index in [0.717, 1.165) is 49.8 Å². The van der Waals surface area contributed by atoms with Crippen LogP contribution in [0.15, 0.2) is 5.38 Å². The number of nitrogens with one attached hydrogen (secondary N) is 2. The molecule has 0 radical (unpaired) electrons. The van der Waals surface area contributed by atoms with Crippen LogP contribution >= 0.6 is 36.2 Å². The minimum absolute atomic E-state index is 0. The molecule has 1 amide bonds. The fraction of sp³-hybridized carbons (Fsp3) is 0.750. The molecule has 1 atom stereocenters. The number of nitrogens with zero attached hydrogens (tertiary/aromatic N) is 2. The van der Waals surface area contributed by atoms with E-state index in [1.54, 1.807) is 11.3 Å². The Bertz CT molecular complexity index is 488. The van der Waals surface area contributed by atoms with Crippen molar-refractivity contribution in [1.82, 2.24) is 15.6 Å². The van der Waals surface area contributed by atoms with Gasteiger partial charge < -0.3 is 15.5 Å². The van der Waals surface area contributed by atoms with Crippen molar-refractivity contribution in [3.8, 4) is 0 Å². The van der Waals surface area contributed by atoms with Crippen LogP contribution < -0.4 is 15.5 Å². The molecule has 0 bridgehead atoms. The third kappa shape index (κ3) is 6.39. The summed E-state index contributed by atoms with van der Waals surface area (Å²) in [5.74, 6) is 0.870. The Morgan fingerprint density at radius 1 is 1.38 bits per heavy atom. The lowest BCUT2D eigenvalue weighted by atomic mass is 10.0. The third-order valence-electron chi connectivity index (χ3n) is 4.56. The zero-order valence-electron chi connectivity index (χ0n) is 14.0. The largest absolute Gasteiger partial charge is 0.356 e. The fourth-order valence-corrected chi connectivity index (χ4v) is 4.09. The van der Waals surface area contributed by atoms with Crippen molar-refractivity contribution >= 4 is 47.2 Å². The van der Waals surface area contributed by atoms with E-state index in [-0.39, 0.29) is 30.7 Å². The van der Waals surface area contributed by atoms with Gasteiger partial charge in [-0.3, -0.25) is 4.79 Å². The standard InChI is InChI=1S/C16H26N4OS.2ClH/c21-15(4-3-13-5-7-17-11-13)18-8-6-14-12-22-16(19-14)20-9-1-2-10-20;;/h12-13,17H,1-11H2,(H,18,21);2*1H. The maximum absolute atomic E-state index is 11.8. The van der Waals surface area contributed by atoms with Crippen LogP contribution in [0, 0.1) is 5.92 Å². The SMILES string of the molecule is Cl.Cl.O=C(CCC1CCNC1)NCCc1csc(N2CCCC2)n1. The van der Waals surface area contributed by atoms with Crippen molar-refractivity contribution in [1.29, 1.82) is 0 Å². The third-order valence-corrected chi connectivity index (χ3v) is 5.51. The molecular weight excluding hydrogens is 367 g/mol. The molecule has 2 N–H and O–H groups in total. The van der Waals surface area contributed by atoms with Crippen LogP contribution in [0.4, 0.5) is 5.13 Å². The average Bonchev–Trinajstić information content (AvgIpc) is 3.26. The van der Waals surface area contributed by atoms with Crippen molar-refractivity contribution < 1.29 is 4.79 Å². The Kier molecular flexibility index (Phi) is 9.96. The number of carbonyl (C=O) groups is 1. The van der Waals surface area contributed by atoms with Crippen LogP contribution in [0.3, 0.4) is 0 Å². The number of amides is 1. The number of hydrogen-bond donors (Lipinski definition) is 2. The second kappa shape index (κ2) is 11.1. The molecule has 2 aliphatic heterocycles. The predicted molar refractivity (Wildman–Crippen MR) is 105 cm³/mol. The van der Waals surface area contributed by atoms with Gasteiger partial charge in [0.1, 0.15) is 0 Å². The quantitative estimate of drug-likeness (QED) is 0.745. The van der Waals surface area contributed by atoms with Crippen LogP contribution in [0.5, 0.6) is 0 Å². The molecule has 1 unspecified atom stereocenters. The number of carbonyl (C=O) groups excluding carboxylic acids is 1. The molecule has 5 nitrogen and oxygen atoms in total. The first-order valence-corrected chi connectivity index (χ1v) is 9.36. The van der Waals surface area contributed by atoms with Gasteiger partial charge in [-0.05, 0) is 44.7 Å². The summed E-state index contributed by atoms with van der Waals surface area (Å²) in [6, 6.07) is 0. The van der Waals surface area contributed by atoms with Gasteiger partial charge in [0.25, 0.3) is 0 Å². The summed E-state index contributed by atoms with van der Waals surface area (Å²) in [5, 5.41) is 9.64. The molecule has 2 saturated heterocycles. The van der Waals surface area contributed by atoms with Gasteiger partial charge in [0, 0.05) is 37.9 Å². The summed E-state index contributed by atoms with van der Waals surface area (Å²) >= 11 is 1.73. The molecule has 0 aliphatic carbocycles. The Morgan fingerprint density at radius 3 is 2.88 bits per heavy atom. The van der Waals surface area contributed by atoms with Crippen molar-refractivity contribution in [2.75, 3.05) is 37.6 Å². The minimum atomic E-state index is 0. The van der Waals surface area contributed by atoms with E-state index in [0.29, 0.717) is 18.9 Å². The van der Waals surface area contributed by atoms with Gasteiger partial charge in [-0.1, -0.05) is 0 Å². The zero-order chi connectivity index (χ0) is 15.2. The van der Waals surface area contributed by atoms with Gasteiger partial charge in [-0.15, -0.1) is 36.2 Å². The van der Waals surface area contributed by atoms with E-state index >= 15 is 0 Å². The molecule has 3 rings (SSSR count). The second-order valence-corrected chi connectivity index (χ2v) is 7.15. The highest BCUT2D eigenvalue weighted by Crippen LogP contribution is 2.24. The lowest BCUT2D eigenvalue weighted by Gasteiger charge is -2.12. The van der Waals surface area contributed by atoms with E-state index in [1.807, 2.05) is 0 Å². The molecular formula is C16H28Cl2N4OS. The molecule has 0 saturated carbocycles. The molecule has 3 heterocycles. The average molecular weight is 395 g/mol. The van der Waals surface area contributed by atoms with Crippen LogP contribution in [0.25, 0.3) is 0 Å². The molecule has 138 valence electrons. The fourth-order valence-electron chi connectivity index (χ4n) is 3.18. The van der Waals surface area contributed by atoms with Gasteiger partial charge in [-0.25, -0.2) is 4.98 Å². The van der Waals surface area contributed by atoms with Gasteiger partial charge in [-0.2, -0.15) is 0 Å².